The molecule has 0 atom stereocenters. The van der Waals surface area contributed by atoms with E-state index in [0.29, 0.717) is 6.10 Å². The lowest BCUT2D eigenvalue weighted by Gasteiger charge is -2.12. The van der Waals surface area contributed by atoms with E-state index in [2.05, 4.69) is 20.9 Å². The highest BCUT2D eigenvalue weighted by Crippen LogP contribution is 2.27. The zero-order valence-electron chi connectivity index (χ0n) is 7.37. The molecule has 1 aromatic heterocycles. The van der Waals surface area contributed by atoms with Crippen LogP contribution in [0.2, 0.25) is 0 Å². The second-order valence-corrected chi connectivity index (χ2v) is 4.17. The van der Waals surface area contributed by atoms with Crippen LogP contribution in [0, 0.1) is 0 Å². The van der Waals surface area contributed by atoms with Crippen LogP contribution < -0.4 is 4.74 Å². The Morgan fingerprint density at radius 2 is 2.15 bits per heavy atom. The van der Waals surface area contributed by atoms with Crippen LogP contribution in [0.5, 0.6) is 5.88 Å². The first-order valence-electron chi connectivity index (χ1n) is 4.63. The van der Waals surface area contributed by atoms with Gasteiger partial charge in [0.05, 0.1) is 4.47 Å². The molecule has 1 aliphatic carbocycles. The minimum absolute atomic E-state index is 0.381. The number of hydrogen-bond acceptors (Lipinski definition) is 2. The zero-order chi connectivity index (χ0) is 9.10. The molecule has 1 aliphatic rings. The van der Waals surface area contributed by atoms with E-state index in [1.165, 1.54) is 25.7 Å². The van der Waals surface area contributed by atoms with Crippen molar-refractivity contribution in [3.8, 4) is 5.88 Å². The summed E-state index contributed by atoms with van der Waals surface area (Å²) < 4.78 is 6.69. The van der Waals surface area contributed by atoms with Crippen molar-refractivity contribution in [3.05, 3.63) is 22.8 Å². The zero-order valence-corrected chi connectivity index (χ0v) is 8.96. The second kappa shape index (κ2) is 4.09. The first-order chi connectivity index (χ1) is 6.36. The molecule has 1 fully saturated rings. The van der Waals surface area contributed by atoms with Gasteiger partial charge in [0, 0.05) is 6.20 Å². The number of hydrogen-bond donors (Lipinski definition) is 0. The third-order valence-corrected chi connectivity index (χ3v) is 2.91. The van der Waals surface area contributed by atoms with Crippen LogP contribution in [0.25, 0.3) is 0 Å². The Balaban J connectivity index is 2.04. The van der Waals surface area contributed by atoms with Crippen LogP contribution in [0.3, 0.4) is 0 Å². The number of ether oxygens (including phenoxy) is 1. The molecule has 0 N–H and O–H groups in total. The lowest BCUT2D eigenvalue weighted by molar-refractivity contribution is 0.200. The van der Waals surface area contributed by atoms with Gasteiger partial charge in [-0.1, -0.05) is 0 Å². The van der Waals surface area contributed by atoms with Gasteiger partial charge in [0.2, 0.25) is 5.88 Å². The molecule has 2 nitrogen and oxygen atoms in total. The largest absolute Gasteiger partial charge is 0.474 e. The molecule has 0 amide bonds. The van der Waals surface area contributed by atoms with Gasteiger partial charge in [0.1, 0.15) is 6.10 Å². The number of pyridine rings is 1. The predicted molar refractivity (Wildman–Crippen MR) is 54.8 cm³/mol. The van der Waals surface area contributed by atoms with Crippen LogP contribution in [0.1, 0.15) is 25.7 Å². The van der Waals surface area contributed by atoms with Crippen LogP contribution in [-0.2, 0) is 0 Å². The van der Waals surface area contributed by atoms with Gasteiger partial charge < -0.3 is 4.74 Å². The van der Waals surface area contributed by atoms with Crippen molar-refractivity contribution in [2.45, 2.75) is 31.8 Å². The second-order valence-electron chi connectivity index (χ2n) is 3.31. The summed E-state index contributed by atoms with van der Waals surface area (Å²) in [5.74, 6) is 0.731. The van der Waals surface area contributed by atoms with Crippen LogP contribution in [0.4, 0.5) is 0 Å². The summed E-state index contributed by atoms with van der Waals surface area (Å²) in [6, 6.07) is 3.85. The quantitative estimate of drug-likeness (QED) is 0.794. The Morgan fingerprint density at radius 3 is 2.85 bits per heavy atom. The van der Waals surface area contributed by atoms with Crippen LogP contribution in [0.15, 0.2) is 22.8 Å². The molecule has 1 heterocycles. The van der Waals surface area contributed by atoms with Crippen molar-refractivity contribution in [2.24, 2.45) is 0 Å². The lowest BCUT2D eigenvalue weighted by atomic mass is 10.3. The minimum atomic E-state index is 0.381. The first kappa shape index (κ1) is 9.00. The van der Waals surface area contributed by atoms with E-state index in [4.69, 9.17) is 4.74 Å². The fourth-order valence-corrected chi connectivity index (χ4v) is 1.97. The van der Waals surface area contributed by atoms with E-state index < -0.39 is 0 Å². The molecule has 0 spiro atoms. The van der Waals surface area contributed by atoms with Gasteiger partial charge in [-0.15, -0.1) is 0 Å². The molecule has 70 valence electrons. The molecule has 13 heavy (non-hydrogen) atoms. The Labute approximate surface area is 86.5 Å². The molecule has 0 aromatic carbocycles. The molecule has 0 unspecified atom stereocenters. The van der Waals surface area contributed by atoms with Gasteiger partial charge >= 0.3 is 0 Å². The predicted octanol–water partition coefficient (Wildman–Crippen LogP) is 3.17. The molecule has 0 bridgehead atoms. The SMILES string of the molecule is Brc1cccnc1OC1CCCC1. The van der Waals surface area contributed by atoms with Gasteiger partial charge in [-0.25, -0.2) is 4.98 Å². The van der Waals surface area contributed by atoms with E-state index in [1.807, 2.05) is 12.1 Å². The molecular weight excluding hydrogens is 230 g/mol. The van der Waals surface area contributed by atoms with E-state index in [9.17, 15) is 0 Å². The number of aromatic nitrogens is 1. The maximum Gasteiger partial charge on any atom is 0.228 e. The molecule has 0 saturated heterocycles. The molecule has 1 saturated carbocycles. The van der Waals surface area contributed by atoms with Crippen LogP contribution in [-0.4, -0.2) is 11.1 Å². The Kier molecular flexibility index (Phi) is 2.83. The molecular formula is C10H12BrNO. The Bertz CT molecular complexity index is 284. The normalized spacial score (nSPS) is 17.6. The monoisotopic (exact) mass is 241 g/mol. The average Bonchev–Trinajstić information content (AvgIpc) is 2.61. The Morgan fingerprint density at radius 1 is 1.38 bits per heavy atom. The van der Waals surface area contributed by atoms with Crippen molar-refractivity contribution in [1.82, 2.24) is 4.98 Å². The van der Waals surface area contributed by atoms with Gasteiger partial charge in [0.25, 0.3) is 0 Å². The summed E-state index contributed by atoms with van der Waals surface area (Å²) in [5, 5.41) is 0. The highest BCUT2D eigenvalue weighted by atomic mass is 79.9. The highest BCUT2D eigenvalue weighted by Gasteiger charge is 2.17. The van der Waals surface area contributed by atoms with E-state index in [0.717, 1.165) is 10.4 Å². The van der Waals surface area contributed by atoms with Crippen molar-refractivity contribution in [3.63, 3.8) is 0 Å². The fraction of sp³-hybridized carbons (Fsp3) is 0.500. The summed E-state index contributed by atoms with van der Waals surface area (Å²) in [6.07, 6.45) is 7.05. The molecule has 0 aliphatic heterocycles. The summed E-state index contributed by atoms with van der Waals surface area (Å²) in [6.45, 7) is 0. The van der Waals surface area contributed by atoms with Crippen molar-refractivity contribution >= 4 is 15.9 Å². The summed E-state index contributed by atoms with van der Waals surface area (Å²) in [4.78, 5) is 4.17. The maximum absolute atomic E-state index is 5.75. The summed E-state index contributed by atoms with van der Waals surface area (Å²) in [7, 11) is 0. The molecule has 3 heteroatoms. The van der Waals surface area contributed by atoms with E-state index in [1.54, 1.807) is 6.20 Å². The fourth-order valence-electron chi connectivity index (χ4n) is 1.62. The van der Waals surface area contributed by atoms with Crippen molar-refractivity contribution in [1.29, 1.82) is 0 Å². The van der Waals surface area contributed by atoms with E-state index >= 15 is 0 Å². The first-order valence-corrected chi connectivity index (χ1v) is 5.43. The summed E-state index contributed by atoms with van der Waals surface area (Å²) >= 11 is 3.42. The van der Waals surface area contributed by atoms with Crippen LogP contribution >= 0.6 is 15.9 Å². The highest BCUT2D eigenvalue weighted by molar-refractivity contribution is 9.10. The third-order valence-electron chi connectivity index (χ3n) is 2.31. The van der Waals surface area contributed by atoms with E-state index in [-0.39, 0.29) is 0 Å². The summed E-state index contributed by atoms with van der Waals surface area (Å²) in [5.41, 5.74) is 0. The van der Waals surface area contributed by atoms with Crippen molar-refractivity contribution in [2.75, 3.05) is 0 Å². The Hall–Kier alpha value is -0.570. The lowest BCUT2D eigenvalue weighted by Crippen LogP contribution is -2.11. The topological polar surface area (TPSA) is 22.1 Å². The van der Waals surface area contributed by atoms with Gasteiger partial charge in [-0.05, 0) is 53.7 Å². The van der Waals surface area contributed by atoms with Gasteiger partial charge in [0.15, 0.2) is 0 Å². The minimum Gasteiger partial charge on any atom is -0.474 e. The molecule has 2 rings (SSSR count). The third kappa shape index (κ3) is 2.21. The average molecular weight is 242 g/mol. The standard InChI is InChI=1S/C10H12BrNO/c11-9-6-3-7-12-10(9)13-8-4-1-2-5-8/h3,6-8H,1-2,4-5H2. The van der Waals surface area contributed by atoms with Gasteiger partial charge in [-0.2, -0.15) is 0 Å². The molecule has 1 aromatic rings. The maximum atomic E-state index is 5.75. The number of nitrogens with zero attached hydrogens (tertiary/aromatic N) is 1. The number of rotatable bonds is 2. The van der Waals surface area contributed by atoms with Gasteiger partial charge in [-0.3, -0.25) is 0 Å². The number of halogens is 1. The van der Waals surface area contributed by atoms with Crippen molar-refractivity contribution < 1.29 is 4.74 Å². The molecule has 0 radical (unpaired) electrons. The smallest absolute Gasteiger partial charge is 0.228 e.